The third-order valence-corrected chi connectivity index (χ3v) is 2.62. The molecule has 1 N–H and O–H groups in total. The number of halogens is 2. The predicted molar refractivity (Wildman–Crippen MR) is 51.3 cm³/mol. The molecule has 0 bridgehead atoms. The molecule has 1 nitrogen and oxygen atoms in total. The summed E-state index contributed by atoms with van der Waals surface area (Å²) in [4.78, 5) is 0. The third kappa shape index (κ3) is 1.93. The Kier molecular flexibility index (Phi) is 2.77. The maximum Gasteiger partial charge on any atom is 0.140 e. The fourth-order valence-electron chi connectivity index (χ4n) is 1.87. The van der Waals surface area contributed by atoms with Crippen molar-refractivity contribution in [2.24, 2.45) is 0 Å². The predicted octanol–water partition coefficient (Wildman–Crippen LogP) is 2.59. The van der Waals surface area contributed by atoms with Gasteiger partial charge in [-0.1, -0.05) is 12.1 Å². The van der Waals surface area contributed by atoms with Gasteiger partial charge in [0.1, 0.15) is 12.0 Å². The number of hydrogen-bond acceptors (Lipinski definition) is 1. The van der Waals surface area contributed by atoms with Crippen molar-refractivity contribution in [2.75, 3.05) is 6.54 Å². The second-order valence-electron chi connectivity index (χ2n) is 3.66. The van der Waals surface area contributed by atoms with Gasteiger partial charge in [0, 0.05) is 6.04 Å². The monoisotopic (exact) mass is 197 g/mol. The molecule has 0 radical (unpaired) electrons. The van der Waals surface area contributed by atoms with Crippen molar-refractivity contribution < 1.29 is 8.78 Å². The van der Waals surface area contributed by atoms with E-state index >= 15 is 0 Å². The van der Waals surface area contributed by atoms with E-state index < -0.39 is 6.17 Å². The van der Waals surface area contributed by atoms with Crippen molar-refractivity contribution >= 4 is 0 Å². The zero-order chi connectivity index (χ0) is 9.97. The second-order valence-corrected chi connectivity index (χ2v) is 3.66. The van der Waals surface area contributed by atoms with Crippen molar-refractivity contribution in [3.05, 3.63) is 35.6 Å². The normalized spacial score (nSPS) is 23.7. The van der Waals surface area contributed by atoms with Gasteiger partial charge in [0.05, 0.1) is 0 Å². The van der Waals surface area contributed by atoms with Gasteiger partial charge in [0.15, 0.2) is 0 Å². The molecule has 1 aliphatic rings. The molecule has 2 atom stereocenters. The van der Waals surface area contributed by atoms with Crippen LogP contribution in [0.5, 0.6) is 0 Å². The van der Waals surface area contributed by atoms with Gasteiger partial charge in [-0.05, 0) is 37.1 Å². The number of hydrogen-bond donors (Lipinski definition) is 1. The van der Waals surface area contributed by atoms with E-state index in [1.54, 1.807) is 12.1 Å². The Hall–Kier alpha value is -0.960. The van der Waals surface area contributed by atoms with Crippen LogP contribution in [0.2, 0.25) is 0 Å². The first-order valence-electron chi connectivity index (χ1n) is 4.90. The Labute approximate surface area is 82.1 Å². The molecule has 1 saturated heterocycles. The molecule has 2 rings (SSSR count). The van der Waals surface area contributed by atoms with Crippen LogP contribution in [-0.4, -0.2) is 12.6 Å². The highest BCUT2D eigenvalue weighted by Gasteiger charge is 2.25. The lowest BCUT2D eigenvalue weighted by Crippen LogP contribution is -2.26. The van der Waals surface area contributed by atoms with E-state index in [1.807, 2.05) is 0 Å². The van der Waals surface area contributed by atoms with Gasteiger partial charge < -0.3 is 5.32 Å². The molecule has 1 aromatic carbocycles. The average molecular weight is 197 g/mol. The summed E-state index contributed by atoms with van der Waals surface area (Å²) in [6.45, 7) is 0.862. The van der Waals surface area contributed by atoms with Gasteiger partial charge in [-0.2, -0.15) is 0 Å². The number of benzene rings is 1. The minimum absolute atomic E-state index is 0.142. The van der Waals surface area contributed by atoms with E-state index in [-0.39, 0.29) is 11.9 Å². The number of alkyl halides is 1. The van der Waals surface area contributed by atoms with Crippen molar-refractivity contribution in [3.8, 4) is 0 Å². The van der Waals surface area contributed by atoms with Crippen LogP contribution >= 0.6 is 0 Å². The molecule has 2 unspecified atom stereocenters. The van der Waals surface area contributed by atoms with Gasteiger partial charge in [-0.15, -0.1) is 0 Å². The zero-order valence-electron chi connectivity index (χ0n) is 7.84. The van der Waals surface area contributed by atoms with Gasteiger partial charge in [-0.25, -0.2) is 8.78 Å². The summed E-state index contributed by atoms with van der Waals surface area (Å²) in [5.74, 6) is -0.372. The maximum absolute atomic E-state index is 13.8. The molecule has 14 heavy (non-hydrogen) atoms. The molecule has 1 aromatic rings. The van der Waals surface area contributed by atoms with Crippen molar-refractivity contribution in [2.45, 2.75) is 25.1 Å². The molecule has 1 aliphatic heterocycles. The van der Waals surface area contributed by atoms with E-state index in [0.717, 1.165) is 19.4 Å². The minimum Gasteiger partial charge on any atom is -0.311 e. The van der Waals surface area contributed by atoms with Gasteiger partial charge in [0.2, 0.25) is 0 Å². The molecule has 0 aromatic heterocycles. The lowest BCUT2D eigenvalue weighted by Gasteiger charge is -2.16. The van der Waals surface area contributed by atoms with Crippen LogP contribution in [0.4, 0.5) is 8.78 Å². The molecule has 76 valence electrons. The summed E-state index contributed by atoms with van der Waals surface area (Å²) >= 11 is 0. The number of nitrogens with one attached hydrogen (secondary N) is 1. The standard InChI is InChI=1S/C11H13F2N/c12-9-4-1-3-8(7-9)11(13)10-5-2-6-14-10/h1,3-4,7,10-11,14H,2,5-6H2. The smallest absolute Gasteiger partial charge is 0.140 e. The van der Waals surface area contributed by atoms with Crippen LogP contribution in [0.25, 0.3) is 0 Å². The van der Waals surface area contributed by atoms with Crippen LogP contribution in [0.15, 0.2) is 24.3 Å². The van der Waals surface area contributed by atoms with Crippen molar-refractivity contribution in [1.29, 1.82) is 0 Å². The highest BCUT2D eigenvalue weighted by atomic mass is 19.1. The second kappa shape index (κ2) is 4.05. The lowest BCUT2D eigenvalue weighted by atomic mass is 10.0. The molecule has 0 spiro atoms. The van der Waals surface area contributed by atoms with E-state index in [4.69, 9.17) is 0 Å². The highest BCUT2D eigenvalue weighted by Crippen LogP contribution is 2.26. The van der Waals surface area contributed by atoms with Crippen molar-refractivity contribution in [3.63, 3.8) is 0 Å². The molecule has 0 aliphatic carbocycles. The fraction of sp³-hybridized carbons (Fsp3) is 0.455. The van der Waals surface area contributed by atoms with Gasteiger partial charge >= 0.3 is 0 Å². The zero-order valence-corrected chi connectivity index (χ0v) is 7.84. The first-order chi connectivity index (χ1) is 6.77. The van der Waals surface area contributed by atoms with E-state index in [9.17, 15) is 8.78 Å². The molecule has 0 amide bonds. The average Bonchev–Trinajstić information content (AvgIpc) is 2.69. The van der Waals surface area contributed by atoms with E-state index in [1.165, 1.54) is 12.1 Å². The van der Waals surface area contributed by atoms with Crippen molar-refractivity contribution in [1.82, 2.24) is 5.32 Å². The third-order valence-electron chi connectivity index (χ3n) is 2.62. The lowest BCUT2D eigenvalue weighted by molar-refractivity contribution is 0.270. The van der Waals surface area contributed by atoms with E-state index in [0.29, 0.717) is 5.56 Å². The van der Waals surface area contributed by atoms with Gasteiger partial charge in [-0.3, -0.25) is 0 Å². The Morgan fingerprint density at radius 3 is 2.93 bits per heavy atom. The minimum atomic E-state index is -1.09. The van der Waals surface area contributed by atoms with Crippen LogP contribution in [-0.2, 0) is 0 Å². The quantitative estimate of drug-likeness (QED) is 0.768. The molecule has 3 heteroatoms. The molecular weight excluding hydrogens is 184 g/mol. The van der Waals surface area contributed by atoms with Crippen LogP contribution in [0, 0.1) is 5.82 Å². The van der Waals surface area contributed by atoms with Gasteiger partial charge in [0.25, 0.3) is 0 Å². The summed E-state index contributed by atoms with van der Waals surface area (Å²) in [6, 6.07) is 5.64. The Morgan fingerprint density at radius 1 is 1.43 bits per heavy atom. The molecule has 1 heterocycles. The van der Waals surface area contributed by atoms with E-state index in [2.05, 4.69) is 5.32 Å². The Morgan fingerprint density at radius 2 is 2.29 bits per heavy atom. The molecule has 0 saturated carbocycles. The topological polar surface area (TPSA) is 12.0 Å². The molecular formula is C11H13F2N. The largest absolute Gasteiger partial charge is 0.311 e. The van der Waals surface area contributed by atoms with Crippen LogP contribution in [0.3, 0.4) is 0 Å². The fourth-order valence-corrected chi connectivity index (χ4v) is 1.87. The summed E-state index contributed by atoms with van der Waals surface area (Å²) in [5, 5.41) is 3.08. The SMILES string of the molecule is Fc1cccc(C(F)C2CCCN2)c1. The first kappa shape index (κ1) is 9.59. The summed E-state index contributed by atoms with van der Waals surface area (Å²) in [5.41, 5.74) is 0.435. The highest BCUT2D eigenvalue weighted by molar-refractivity contribution is 5.20. The number of rotatable bonds is 2. The Balaban J connectivity index is 2.13. The summed E-state index contributed by atoms with van der Waals surface area (Å²) in [6.07, 6.45) is 0.742. The summed E-state index contributed by atoms with van der Waals surface area (Å²) < 4.78 is 26.6. The van der Waals surface area contributed by atoms with Crippen LogP contribution in [0.1, 0.15) is 24.6 Å². The maximum atomic E-state index is 13.8. The van der Waals surface area contributed by atoms with Crippen LogP contribution < -0.4 is 5.32 Å². The summed E-state index contributed by atoms with van der Waals surface area (Å²) in [7, 11) is 0. The first-order valence-corrected chi connectivity index (χ1v) is 4.90. The molecule has 1 fully saturated rings. The Bertz CT molecular complexity index is 308.